The summed E-state index contributed by atoms with van der Waals surface area (Å²) in [5.74, 6) is 0.243. The van der Waals surface area contributed by atoms with Crippen LogP contribution in [0.1, 0.15) is 12.8 Å². The van der Waals surface area contributed by atoms with Crippen molar-refractivity contribution in [1.29, 1.82) is 0 Å². The number of hydrogen-bond acceptors (Lipinski definition) is 5. The molecule has 0 amide bonds. The molecule has 0 aromatic rings. The first kappa shape index (κ1) is 14.9. The number of methoxy groups -OCH3 is 1. The maximum Gasteiger partial charge on any atom is 0.0824 e. The van der Waals surface area contributed by atoms with Crippen LogP contribution in [0.15, 0.2) is 0 Å². The molecule has 1 aliphatic rings. The Labute approximate surface area is 103 Å². The molecule has 2 atom stereocenters. The first-order chi connectivity index (χ1) is 8.34. The van der Waals surface area contributed by atoms with Crippen LogP contribution in [0, 0.1) is 5.92 Å². The third kappa shape index (κ3) is 6.95. The van der Waals surface area contributed by atoms with E-state index in [2.05, 4.69) is 0 Å². The second-order valence-corrected chi connectivity index (χ2v) is 4.22. The minimum atomic E-state index is -0.396. The third-order valence-electron chi connectivity index (χ3n) is 2.81. The summed E-state index contributed by atoms with van der Waals surface area (Å²) in [6.45, 7) is 4.36. The second-order valence-electron chi connectivity index (χ2n) is 4.22. The van der Waals surface area contributed by atoms with Crippen molar-refractivity contribution >= 4 is 0 Å². The van der Waals surface area contributed by atoms with Gasteiger partial charge in [-0.15, -0.1) is 0 Å². The van der Waals surface area contributed by atoms with E-state index in [0.717, 1.165) is 19.4 Å². The molecule has 1 heterocycles. The largest absolute Gasteiger partial charge is 0.390 e. The van der Waals surface area contributed by atoms with Gasteiger partial charge in [-0.2, -0.15) is 0 Å². The molecule has 5 heteroatoms. The monoisotopic (exact) mass is 248 g/mol. The van der Waals surface area contributed by atoms with Gasteiger partial charge in [0.25, 0.3) is 0 Å². The summed E-state index contributed by atoms with van der Waals surface area (Å²) in [6.07, 6.45) is 1.38. The van der Waals surface area contributed by atoms with E-state index in [-0.39, 0.29) is 5.92 Å². The van der Waals surface area contributed by atoms with Gasteiger partial charge in [0.2, 0.25) is 0 Å². The van der Waals surface area contributed by atoms with Gasteiger partial charge in [-0.3, -0.25) is 0 Å². The molecule has 0 aliphatic carbocycles. The van der Waals surface area contributed by atoms with Gasteiger partial charge in [-0.05, 0) is 12.8 Å². The fourth-order valence-corrected chi connectivity index (χ4v) is 1.70. The first-order valence-corrected chi connectivity index (χ1v) is 6.25. The molecule has 0 aromatic carbocycles. The quantitative estimate of drug-likeness (QED) is 0.569. The van der Waals surface area contributed by atoms with E-state index < -0.39 is 6.10 Å². The number of aliphatic hydroxyl groups excluding tert-OH is 1. The lowest BCUT2D eigenvalue weighted by molar-refractivity contribution is -0.00646. The predicted octanol–water partition coefficient (Wildman–Crippen LogP) is 0.453. The molecular weight excluding hydrogens is 224 g/mol. The Morgan fingerprint density at radius 2 is 2.06 bits per heavy atom. The van der Waals surface area contributed by atoms with E-state index in [0.29, 0.717) is 39.6 Å². The molecule has 0 radical (unpaired) electrons. The van der Waals surface area contributed by atoms with Gasteiger partial charge in [0.05, 0.1) is 32.5 Å². The molecule has 0 saturated carbocycles. The van der Waals surface area contributed by atoms with E-state index in [4.69, 9.17) is 18.9 Å². The normalized spacial score (nSPS) is 21.9. The highest BCUT2D eigenvalue weighted by Crippen LogP contribution is 2.16. The fourth-order valence-electron chi connectivity index (χ4n) is 1.70. The fraction of sp³-hybridized carbons (Fsp3) is 1.00. The topological polar surface area (TPSA) is 57.2 Å². The lowest BCUT2D eigenvalue weighted by Crippen LogP contribution is -2.26. The van der Waals surface area contributed by atoms with Gasteiger partial charge in [-0.1, -0.05) is 0 Å². The van der Waals surface area contributed by atoms with Gasteiger partial charge in [-0.25, -0.2) is 0 Å². The van der Waals surface area contributed by atoms with Crippen LogP contribution in [-0.2, 0) is 18.9 Å². The molecule has 5 nitrogen and oxygen atoms in total. The van der Waals surface area contributed by atoms with Gasteiger partial charge >= 0.3 is 0 Å². The summed E-state index contributed by atoms with van der Waals surface area (Å²) in [5, 5.41) is 9.77. The van der Waals surface area contributed by atoms with Crippen LogP contribution in [0.25, 0.3) is 0 Å². The maximum atomic E-state index is 9.77. The molecule has 102 valence electrons. The Morgan fingerprint density at radius 1 is 1.24 bits per heavy atom. The average molecular weight is 248 g/mol. The van der Waals surface area contributed by atoms with Crippen LogP contribution in [0.3, 0.4) is 0 Å². The minimum Gasteiger partial charge on any atom is -0.390 e. The van der Waals surface area contributed by atoms with Crippen molar-refractivity contribution in [2.24, 2.45) is 5.92 Å². The van der Waals surface area contributed by atoms with E-state index in [1.54, 1.807) is 7.11 Å². The number of ether oxygens (including phenoxy) is 4. The van der Waals surface area contributed by atoms with Crippen LogP contribution < -0.4 is 0 Å². The number of rotatable bonds is 10. The maximum absolute atomic E-state index is 9.77. The Kier molecular flexibility index (Phi) is 8.56. The van der Waals surface area contributed by atoms with Gasteiger partial charge in [0.1, 0.15) is 0 Å². The summed E-state index contributed by atoms with van der Waals surface area (Å²) in [6, 6.07) is 0. The Bertz CT molecular complexity index is 170. The van der Waals surface area contributed by atoms with Crippen molar-refractivity contribution in [3.63, 3.8) is 0 Å². The molecule has 2 unspecified atom stereocenters. The van der Waals surface area contributed by atoms with E-state index >= 15 is 0 Å². The van der Waals surface area contributed by atoms with Gasteiger partial charge in [0.15, 0.2) is 0 Å². The molecule has 17 heavy (non-hydrogen) atoms. The van der Waals surface area contributed by atoms with Gasteiger partial charge < -0.3 is 24.1 Å². The number of aliphatic hydroxyl groups is 1. The van der Waals surface area contributed by atoms with Crippen molar-refractivity contribution in [2.45, 2.75) is 18.9 Å². The molecule has 1 N–H and O–H groups in total. The molecule has 0 spiro atoms. The Hall–Kier alpha value is -0.200. The van der Waals surface area contributed by atoms with Crippen LogP contribution in [0.4, 0.5) is 0 Å². The lowest BCUT2D eigenvalue weighted by Gasteiger charge is -2.16. The standard InChI is InChI=1S/C12H24O5/c1-14-7-8-15-4-2-5-16-10-12(13)11-3-6-17-9-11/h11-13H,2-10H2,1H3. The molecule has 1 fully saturated rings. The Balaban J connectivity index is 1.83. The second kappa shape index (κ2) is 9.79. The highest BCUT2D eigenvalue weighted by atomic mass is 16.5. The highest BCUT2D eigenvalue weighted by Gasteiger charge is 2.23. The molecule has 0 aromatic heterocycles. The molecule has 0 bridgehead atoms. The highest BCUT2D eigenvalue weighted by molar-refractivity contribution is 4.72. The lowest BCUT2D eigenvalue weighted by atomic mass is 10.0. The van der Waals surface area contributed by atoms with Crippen LogP contribution >= 0.6 is 0 Å². The zero-order valence-corrected chi connectivity index (χ0v) is 10.6. The van der Waals surface area contributed by atoms with E-state index in [1.165, 1.54) is 0 Å². The van der Waals surface area contributed by atoms with Crippen LogP contribution in [0.2, 0.25) is 0 Å². The summed E-state index contributed by atoms with van der Waals surface area (Å²) in [7, 11) is 1.65. The van der Waals surface area contributed by atoms with Crippen molar-refractivity contribution in [1.82, 2.24) is 0 Å². The van der Waals surface area contributed by atoms with Crippen LogP contribution in [-0.4, -0.2) is 64.6 Å². The number of hydrogen-bond donors (Lipinski definition) is 1. The predicted molar refractivity (Wildman–Crippen MR) is 63.1 cm³/mol. The van der Waals surface area contributed by atoms with Gasteiger partial charge in [0, 0.05) is 32.8 Å². The molecule has 1 rings (SSSR count). The van der Waals surface area contributed by atoms with Crippen molar-refractivity contribution in [3.05, 3.63) is 0 Å². The summed E-state index contributed by atoms with van der Waals surface area (Å²) < 4.78 is 20.8. The smallest absolute Gasteiger partial charge is 0.0824 e. The zero-order valence-electron chi connectivity index (χ0n) is 10.6. The minimum absolute atomic E-state index is 0.243. The van der Waals surface area contributed by atoms with Crippen molar-refractivity contribution < 1.29 is 24.1 Å². The molecule has 1 aliphatic heterocycles. The van der Waals surface area contributed by atoms with Crippen LogP contribution in [0.5, 0.6) is 0 Å². The summed E-state index contributed by atoms with van der Waals surface area (Å²) in [4.78, 5) is 0. The third-order valence-corrected chi connectivity index (χ3v) is 2.81. The molecule has 1 saturated heterocycles. The summed E-state index contributed by atoms with van der Waals surface area (Å²) >= 11 is 0. The Morgan fingerprint density at radius 3 is 2.76 bits per heavy atom. The SMILES string of the molecule is COCCOCCCOCC(O)C1CCOC1. The van der Waals surface area contributed by atoms with E-state index in [9.17, 15) is 5.11 Å². The first-order valence-electron chi connectivity index (χ1n) is 6.25. The zero-order chi connectivity index (χ0) is 12.3. The summed E-state index contributed by atoms with van der Waals surface area (Å²) in [5.41, 5.74) is 0. The van der Waals surface area contributed by atoms with E-state index in [1.807, 2.05) is 0 Å². The van der Waals surface area contributed by atoms with Crippen molar-refractivity contribution in [2.75, 3.05) is 53.4 Å². The molecular formula is C12H24O5. The average Bonchev–Trinajstić information content (AvgIpc) is 2.86. The van der Waals surface area contributed by atoms with Crippen molar-refractivity contribution in [3.8, 4) is 0 Å².